The van der Waals surface area contributed by atoms with E-state index in [2.05, 4.69) is 5.32 Å². The number of aldehydes is 1. The van der Waals surface area contributed by atoms with Gasteiger partial charge in [0.15, 0.2) is 12.4 Å². The third-order valence-electron chi connectivity index (χ3n) is 2.99. The molecule has 8 N–H and O–H groups in total. The number of rotatable bonds is 11. The fraction of sp³-hybridized carbons (Fsp3) is 0.750. The lowest BCUT2D eigenvalue weighted by Gasteiger charge is -2.23. The summed E-state index contributed by atoms with van der Waals surface area (Å²) in [5, 5.41) is 48.0. The minimum atomic E-state index is -2.03. The summed E-state index contributed by atoms with van der Waals surface area (Å²) in [5.74, 6) is -2.11. The van der Waals surface area contributed by atoms with Crippen LogP contribution in [-0.4, -0.2) is 80.7 Å². The number of amides is 1. The van der Waals surface area contributed by atoms with Gasteiger partial charge in [-0.2, -0.15) is 0 Å². The second-order valence-electron chi connectivity index (χ2n) is 4.78. The standard InChI is InChI=1S/C12H22N2O8/c13-6(12(21)22)3-1-2-4-14-11(20)10(19)9(18)8(17)7(16)5-15/h5-10,16-19H,1-4,13H2,(H,14,20)(H,21,22)/t6-,7-,8+,9+,10-/m0/s1. The number of nitrogens with one attached hydrogen (secondary N) is 1. The molecule has 0 radical (unpaired) electrons. The van der Waals surface area contributed by atoms with E-state index in [1.165, 1.54) is 0 Å². The van der Waals surface area contributed by atoms with Gasteiger partial charge in [-0.15, -0.1) is 0 Å². The van der Waals surface area contributed by atoms with Gasteiger partial charge in [0.1, 0.15) is 24.4 Å². The van der Waals surface area contributed by atoms with E-state index in [1.54, 1.807) is 0 Å². The quantitative estimate of drug-likeness (QED) is 0.148. The Morgan fingerprint density at radius 1 is 1.09 bits per heavy atom. The van der Waals surface area contributed by atoms with Crippen molar-refractivity contribution in [3.8, 4) is 0 Å². The second kappa shape index (κ2) is 10.2. The summed E-state index contributed by atoms with van der Waals surface area (Å²) < 4.78 is 0. The average molecular weight is 322 g/mol. The van der Waals surface area contributed by atoms with E-state index in [0.29, 0.717) is 12.8 Å². The summed E-state index contributed by atoms with van der Waals surface area (Å²) in [5.41, 5.74) is 5.28. The maximum Gasteiger partial charge on any atom is 0.320 e. The van der Waals surface area contributed by atoms with Crippen LogP contribution in [0.3, 0.4) is 0 Å². The van der Waals surface area contributed by atoms with Crippen LogP contribution in [0.4, 0.5) is 0 Å². The zero-order chi connectivity index (χ0) is 17.3. The number of aliphatic hydroxyl groups excluding tert-OH is 4. The highest BCUT2D eigenvalue weighted by Crippen LogP contribution is 2.05. The first-order chi connectivity index (χ1) is 10.2. The molecule has 22 heavy (non-hydrogen) atoms. The Kier molecular flexibility index (Phi) is 9.45. The number of hydrogen-bond acceptors (Lipinski definition) is 8. The van der Waals surface area contributed by atoms with Crippen LogP contribution in [0.25, 0.3) is 0 Å². The van der Waals surface area contributed by atoms with Gasteiger partial charge in [-0.3, -0.25) is 9.59 Å². The molecule has 128 valence electrons. The number of aliphatic hydroxyl groups is 4. The van der Waals surface area contributed by atoms with Crippen molar-refractivity contribution in [2.45, 2.75) is 49.7 Å². The van der Waals surface area contributed by atoms with Gasteiger partial charge < -0.3 is 41.4 Å². The predicted octanol–water partition coefficient (Wildman–Crippen LogP) is -3.67. The number of aliphatic carboxylic acids is 1. The topological polar surface area (TPSA) is 190 Å². The lowest BCUT2D eigenvalue weighted by molar-refractivity contribution is -0.149. The number of hydrogen-bond donors (Lipinski definition) is 7. The Morgan fingerprint density at radius 3 is 2.18 bits per heavy atom. The molecule has 10 heteroatoms. The molecular weight excluding hydrogens is 300 g/mol. The van der Waals surface area contributed by atoms with Crippen molar-refractivity contribution in [1.29, 1.82) is 0 Å². The number of carboxylic acid groups (broad SMARTS) is 1. The van der Waals surface area contributed by atoms with E-state index >= 15 is 0 Å². The van der Waals surface area contributed by atoms with E-state index in [-0.39, 0.29) is 19.3 Å². The molecule has 1 amide bonds. The van der Waals surface area contributed by atoms with E-state index in [0.717, 1.165) is 0 Å². The van der Waals surface area contributed by atoms with Gasteiger partial charge in [0.25, 0.3) is 5.91 Å². The Bertz CT molecular complexity index is 378. The minimum absolute atomic E-state index is 0.0375. The van der Waals surface area contributed by atoms with Gasteiger partial charge in [0.05, 0.1) is 0 Å². The summed E-state index contributed by atoms with van der Waals surface area (Å²) in [7, 11) is 0. The number of carboxylic acids is 1. The molecule has 0 aromatic carbocycles. The fourth-order valence-electron chi connectivity index (χ4n) is 1.55. The average Bonchev–Trinajstić information content (AvgIpc) is 2.50. The highest BCUT2D eigenvalue weighted by Gasteiger charge is 2.34. The first-order valence-electron chi connectivity index (χ1n) is 6.66. The van der Waals surface area contributed by atoms with Crippen LogP contribution in [0, 0.1) is 0 Å². The molecular formula is C12H22N2O8. The van der Waals surface area contributed by atoms with Crippen molar-refractivity contribution in [1.82, 2.24) is 5.32 Å². The molecule has 0 bridgehead atoms. The monoisotopic (exact) mass is 322 g/mol. The van der Waals surface area contributed by atoms with Crippen molar-refractivity contribution in [2.24, 2.45) is 5.73 Å². The zero-order valence-corrected chi connectivity index (χ0v) is 11.8. The van der Waals surface area contributed by atoms with Crippen molar-refractivity contribution >= 4 is 18.2 Å². The fourth-order valence-corrected chi connectivity index (χ4v) is 1.55. The molecule has 10 nitrogen and oxygen atoms in total. The number of carbonyl (C=O) groups is 3. The van der Waals surface area contributed by atoms with E-state index in [1.807, 2.05) is 0 Å². The lowest BCUT2D eigenvalue weighted by Crippen LogP contribution is -2.51. The SMILES string of the molecule is N[C@@H](CCCCNC(=O)[C@@H](O)[C@H](O)[C@H](O)[C@@H](O)C=O)C(=O)O. The molecule has 0 spiro atoms. The van der Waals surface area contributed by atoms with Gasteiger partial charge in [0, 0.05) is 6.54 Å². The van der Waals surface area contributed by atoms with E-state index in [4.69, 9.17) is 15.9 Å². The number of carbonyl (C=O) groups excluding carboxylic acids is 2. The van der Waals surface area contributed by atoms with Crippen molar-refractivity contribution in [2.75, 3.05) is 6.54 Å². The van der Waals surface area contributed by atoms with Crippen LogP contribution in [0.5, 0.6) is 0 Å². The van der Waals surface area contributed by atoms with Gasteiger partial charge >= 0.3 is 5.97 Å². The molecule has 5 atom stereocenters. The zero-order valence-electron chi connectivity index (χ0n) is 11.8. The molecule has 0 aliphatic carbocycles. The lowest BCUT2D eigenvalue weighted by atomic mass is 10.0. The van der Waals surface area contributed by atoms with Crippen LogP contribution in [-0.2, 0) is 14.4 Å². The van der Waals surface area contributed by atoms with Crippen molar-refractivity contribution < 1.29 is 39.9 Å². The molecule has 0 unspecified atom stereocenters. The Morgan fingerprint density at radius 2 is 1.68 bits per heavy atom. The molecule has 0 heterocycles. The van der Waals surface area contributed by atoms with Crippen molar-refractivity contribution in [3.05, 3.63) is 0 Å². The maximum absolute atomic E-state index is 11.5. The van der Waals surface area contributed by atoms with Crippen LogP contribution >= 0.6 is 0 Å². The summed E-state index contributed by atoms with van der Waals surface area (Å²) in [4.78, 5) is 32.2. The van der Waals surface area contributed by atoms with E-state index in [9.17, 15) is 29.7 Å². The van der Waals surface area contributed by atoms with Crippen LogP contribution in [0.2, 0.25) is 0 Å². The van der Waals surface area contributed by atoms with Crippen LogP contribution in [0.15, 0.2) is 0 Å². The Balaban J connectivity index is 4.06. The normalized spacial score (nSPS) is 17.9. The molecule has 0 aliphatic rings. The molecule has 0 saturated heterocycles. The summed E-state index contributed by atoms with van der Waals surface area (Å²) in [6, 6.07) is -0.983. The summed E-state index contributed by atoms with van der Waals surface area (Å²) >= 11 is 0. The highest BCUT2D eigenvalue weighted by atomic mass is 16.4. The minimum Gasteiger partial charge on any atom is -0.480 e. The van der Waals surface area contributed by atoms with Gasteiger partial charge in [-0.1, -0.05) is 0 Å². The molecule has 0 saturated carbocycles. The smallest absolute Gasteiger partial charge is 0.320 e. The molecule has 0 rings (SSSR count). The summed E-state index contributed by atoms with van der Waals surface area (Å²) in [6.07, 6.45) is -6.95. The van der Waals surface area contributed by atoms with Gasteiger partial charge in [-0.25, -0.2) is 0 Å². The first kappa shape index (κ1) is 20.4. The third kappa shape index (κ3) is 6.91. The second-order valence-corrected chi connectivity index (χ2v) is 4.78. The maximum atomic E-state index is 11.5. The highest BCUT2D eigenvalue weighted by molar-refractivity contribution is 5.81. The van der Waals surface area contributed by atoms with Gasteiger partial charge in [0.2, 0.25) is 0 Å². The number of unbranched alkanes of at least 4 members (excludes halogenated alkanes) is 1. The molecule has 0 fully saturated rings. The van der Waals surface area contributed by atoms with Crippen LogP contribution in [0.1, 0.15) is 19.3 Å². The largest absolute Gasteiger partial charge is 0.480 e. The van der Waals surface area contributed by atoms with E-state index < -0.39 is 42.3 Å². The Labute approximate surface area is 126 Å². The molecule has 0 aromatic heterocycles. The Hall–Kier alpha value is -1.59. The van der Waals surface area contributed by atoms with Crippen LogP contribution < -0.4 is 11.1 Å². The van der Waals surface area contributed by atoms with Crippen molar-refractivity contribution in [3.63, 3.8) is 0 Å². The molecule has 0 aliphatic heterocycles. The summed E-state index contributed by atoms with van der Waals surface area (Å²) in [6.45, 7) is 0.0985. The van der Waals surface area contributed by atoms with Gasteiger partial charge in [-0.05, 0) is 19.3 Å². The predicted molar refractivity (Wildman–Crippen MR) is 72.6 cm³/mol. The first-order valence-corrected chi connectivity index (χ1v) is 6.66. The molecule has 0 aromatic rings. The third-order valence-corrected chi connectivity index (χ3v) is 2.99. The number of nitrogens with two attached hydrogens (primary N) is 1.